The van der Waals surface area contributed by atoms with Gasteiger partial charge in [0, 0.05) is 24.3 Å². The molecule has 0 bridgehead atoms. The van der Waals surface area contributed by atoms with Crippen LogP contribution in [0.2, 0.25) is 0 Å². The number of carbonyl (C=O) groups is 11. The Morgan fingerprint density at radius 2 is 0.916 bits per heavy atom. The van der Waals surface area contributed by atoms with Gasteiger partial charge in [0.1, 0.15) is 66.2 Å². The number of nitrogens with two attached hydrogens (primary N) is 5. The van der Waals surface area contributed by atoms with Gasteiger partial charge in [0.25, 0.3) is 0 Å². The molecule has 0 saturated heterocycles. The van der Waals surface area contributed by atoms with Crippen molar-refractivity contribution in [1.82, 2.24) is 53.2 Å². The Kier molecular flexibility index (Phi) is 37.2. The van der Waals surface area contributed by atoms with Crippen molar-refractivity contribution in [2.75, 3.05) is 13.1 Å². The third-order valence-electron chi connectivity index (χ3n) is 15.5. The van der Waals surface area contributed by atoms with Gasteiger partial charge < -0.3 is 92.0 Å². The van der Waals surface area contributed by atoms with Gasteiger partial charge in [-0.2, -0.15) is 0 Å². The molecule has 0 saturated carbocycles. The normalized spacial score (nSPS) is 15.5. The Morgan fingerprint density at radius 3 is 1.39 bits per heavy atom. The fourth-order valence-electron chi connectivity index (χ4n) is 10.1. The molecule has 11 amide bonds. The number of phenolic OH excluding ortho intramolecular Hbond substituents is 1. The number of primary amides is 1. The van der Waals surface area contributed by atoms with Crippen molar-refractivity contribution >= 4 is 82.3 Å². The number of hydrogen-bond donors (Lipinski definition) is 17. The van der Waals surface area contributed by atoms with Crippen LogP contribution in [0.15, 0.2) is 46.8 Å². The van der Waals surface area contributed by atoms with Gasteiger partial charge >= 0.3 is 0 Å². The summed E-state index contributed by atoms with van der Waals surface area (Å²) in [5.74, 6) is -9.80. The Balaban J connectivity index is 2.58. The highest BCUT2D eigenvalue weighted by Crippen LogP contribution is 2.18. The predicted octanol–water partition coefficient (Wildman–Crippen LogP) is -0.287. The molecule has 0 spiro atoms. The zero-order valence-electron chi connectivity index (χ0n) is 57.4. The number of aromatic hydroxyl groups is 1. The van der Waals surface area contributed by atoms with E-state index in [1.165, 1.54) is 49.4 Å². The van der Waals surface area contributed by atoms with Crippen LogP contribution in [-0.4, -0.2) is 167 Å². The summed E-state index contributed by atoms with van der Waals surface area (Å²) in [4.78, 5) is 159. The van der Waals surface area contributed by atoms with Crippen LogP contribution in [0.1, 0.15) is 158 Å². The molecule has 0 radical (unpaired) electrons. The Hall–Kier alpha value is -7.96. The number of hydrogen-bond acceptors (Lipinski definition) is 17. The number of benzene rings is 1. The standard InChI is InChI=1S/C65H110N16O13S/c1-13-38(10)52(63(93)75-47(54(68)84)29-35(4)5)80-62(92)51(33-43-18-17-27-95-43)78-60(90)49(31-37(8)9)77-59(89)48(30-36(6)7)76-58(88)45(19-14-15-25-66)73-57(87)46(20-16-26-71-65(69)70)74-61(91)50(32-41-21-23-42(83)24-22-41)79-64(94)53(40(12)82)81-55(85)39(11)72-56(86)44(67)28-34(2)3/h17-18,21-24,27,34-40,44-53,82-83H,13-16,19-20,25-26,28-33,66-67H2,1-12H3,(H2,68,84)(H,72,86)(H,73,87)(H,74,91)(H,75,93)(H,76,88)(H,77,89)(H,78,90)(H,79,94)(H,80,92)(H,81,85)(H4,69,70,71)/t38-,39-,40+,44+,45-,46-,47+,48-,49-,50+,51-,52-,53-/m0/s1. The Morgan fingerprint density at radius 1 is 0.484 bits per heavy atom. The highest BCUT2D eigenvalue weighted by molar-refractivity contribution is 7.09. The Bertz CT molecular complexity index is 2820. The number of aliphatic hydroxyl groups is 1. The molecule has 0 aliphatic carbocycles. The van der Waals surface area contributed by atoms with E-state index in [0.717, 1.165) is 4.88 Å². The second kappa shape index (κ2) is 42.5. The van der Waals surface area contributed by atoms with Gasteiger partial charge in [0.05, 0.1) is 12.1 Å². The fraction of sp³-hybridized carbons (Fsp3) is 0.662. The Labute approximate surface area is 563 Å². The number of thiophene rings is 1. The number of rotatable bonds is 44. The average Bonchev–Trinajstić information content (AvgIpc) is 1.16. The number of amides is 11. The third-order valence-corrected chi connectivity index (χ3v) is 16.4. The first kappa shape index (κ1) is 83.1. The van der Waals surface area contributed by atoms with Crippen LogP contribution in [0.5, 0.6) is 5.75 Å². The van der Waals surface area contributed by atoms with E-state index in [0.29, 0.717) is 31.2 Å². The lowest BCUT2D eigenvalue weighted by Gasteiger charge is -2.30. The van der Waals surface area contributed by atoms with E-state index in [2.05, 4.69) is 58.2 Å². The van der Waals surface area contributed by atoms with Crippen LogP contribution in [0.25, 0.3) is 0 Å². The number of aliphatic imine (C=N–C) groups is 1. The first-order chi connectivity index (χ1) is 44.6. The van der Waals surface area contributed by atoms with E-state index in [9.17, 15) is 63.0 Å². The molecule has 0 aliphatic rings. The molecule has 0 fully saturated rings. The molecule has 22 N–H and O–H groups in total. The second-order valence-corrected chi connectivity index (χ2v) is 27.2. The lowest BCUT2D eigenvalue weighted by molar-refractivity contribution is -0.137. The zero-order chi connectivity index (χ0) is 71.8. The minimum atomic E-state index is -1.68. The van der Waals surface area contributed by atoms with Crippen LogP contribution in [0.4, 0.5) is 0 Å². The molecule has 0 unspecified atom stereocenters. The molecule has 2 rings (SSSR count). The van der Waals surface area contributed by atoms with Gasteiger partial charge in [-0.3, -0.25) is 57.7 Å². The van der Waals surface area contributed by atoms with Crippen molar-refractivity contribution in [2.45, 2.75) is 233 Å². The summed E-state index contributed by atoms with van der Waals surface area (Å²) in [5.41, 5.74) is 29.2. The fourth-order valence-corrected chi connectivity index (χ4v) is 10.9. The summed E-state index contributed by atoms with van der Waals surface area (Å²) in [5, 5.41) is 49.6. The predicted molar refractivity (Wildman–Crippen MR) is 364 cm³/mol. The van der Waals surface area contributed by atoms with Crippen molar-refractivity contribution in [3.63, 3.8) is 0 Å². The third kappa shape index (κ3) is 31.4. The molecule has 13 atom stereocenters. The molecule has 0 aliphatic heterocycles. The molecular weight excluding hydrogens is 1240 g/mol. The number of phenols is 1. The number of aliphatic hydroxyl groups excluding tert-OH is 1. The molecule has 2 aromatic rings. The first-order valence-corrected chi connectivity index (χ1v) is 33.8. The van der Waals surface area contributed by atoms with Crippen molar-refractivity contribution in [2.24, 2.45) is 63.3 Å². The lowest BCUT2D eigenvalue weighted by atomic mass is 9.96. The van der Waals surface area contributed by atoms with E-state index < -0.39 is 143 Å². The van der Waals surface area contributed by atoms with Crippen LogP contribution in [-0.2, 0) is 65.6 Å². The van der Waals surface area contributed by atoms with E-state index in [1.54, 1.807) is 24.4 Å². The van der Waals surface area contributed by atoms with Crippen molar-refractivity contribution in [3.8, 4) is 5.75 Å². The van der Waals surface area contributed by atoms with Gasteiger partial charge in [-0.25, -0.2) is 0 Å². The molecule has 1 heterocycles. The van der Waals surface area contributed by atoms with Crippen molar-refractivity contribution < 1.29 is 63.0 Å². The summed E-state index contributed by atoms with van der Waals surface area (Å²) < 4.78 is 0. The van der Waals surface area contributed by atoms with Crippen LogP contribution in [0.3, 0.4) is 0 Å². The number of unbranched alkanes of at least 4 members (excludes halogenated alkanes) is 1. The maximum absolute atomic E-state index is 14.7. The van der Waals surface area contributed by atoms with E-state index in [1.807, 2.05) is 62.3 Å². The SMILES string of the molecule is CC[C@H](C)[C@H](NC(=O)[C@H](Cc1cccs1)NC(=O)[C@H](CC(C)C)NC(=O)[C@H](CC(C)C)NC(=O)[C@H](CCCCN)NC(=O)[C@H](CCCN=C(N)N)NC(=O)[C@@H](Cc1ccc(O)cc1)NC(=O)[C@@H](NC(=O)[C@H](C)NC(=O)[C@H](N)CC(C)C)[C@@H](C)O)C(=O)N[C@H](CC(C)C)C(N)=O. The number of guanidine groups is 1. The van der Waals surface area contributed by atoms with Gasteiger partial charge in [-0.15, -0.1) is 11.3 Å². The zero-order valence-corrected chi connectivity index (χ0v) is 58.2. The van der Waals surface area contributed by atoms with E-state index in [-0.39, 0.29) is 99.8 Å². The van der Waals surface area contributed by atoms with Gasteiger partial charge in [-0.1, -0.05) is 93.9 Å². The molecule has 1 aromatic heterocycles. The lowest BCUT2D eigenvalue weighted by Crippen LogP contribution is -2.62. The summed E-state index contributed by atoms with van der Waals surface area (Å²) in [6.45, 7) is 21.2. The smallest absolute Gasteiger partial charge is 0.245 e. The van der Waals surface area contributed by atoms with Crippen molar-refractivity contribution in [3.05, 3.63) is 52.2 Å². The highest BCUT2D eigenvalue weighted by Gasteiger charge is 2.38. The molecule has 30 heteroatoms. The summed E-state index contributed by atoms with van der Waals surface area (Å²) >= 11 is 1.34. The molecular formula is C65H110N16O13S. The molecule has 1 aromatic carbocycles. The number of nitrogens with one attached hydrogen (secondary N) is 10. The topological polar surface area (TPSA) is 491 Å². The summed E-state index contributed by atoms with van der Waals surface area (Å²) in [7, 11) is 0. The molecule has 95 heavy (non-hydrogen) atoms. The summed E-state index contributed by atoms with van der Waals surface area (Å²) in [6, 6.07) is -4.92. The second-order valence-electron chi connectivity index (χ2n) is 26.2. The van der Waals surface area contributed by atoms with Gasteiger partial charge in [-0.05, 0) is 137 Å². The summed E-state index contributed by atoms with van der Waals surface area (Å²) in [6.07, 6.45) is 0.0463. The van der Waals surface area contributed by atoms with E-state index >= 15 is 0 Å². The minimum Gasteiger partial charge on any atom is -0.508 e. The largest absolute Gasteiger partial charge is 0.508 e. The van der Waals surface area contributed by atoms with Crippen molar-refractivity contribution in [1.29, 1.82) is 0 Å². The maximum atomic E-state index is 14.7. The molecule has 534 valence electrons. The van der Waals surface area contributed by atoms with Crippen LogP contribution < -0.4 is 81.8 Å². The van der Waals surface area contributed by atoms with E-state index in [4.69, 9.17) is 28.7 Å². The quantitative estimate of drug-likeness (QED) is 0.0230. The minimum absolute atomic E-state index is 0.00412. The monoisotopic (exact) mass is 1350 g/mol. The van der Waals surface area contributed by atoms with Crippen LogP contribution >= 0.6 is 11.3 Å². The van der Waals surface area contributed by atoms with Gasteiger partial charge in [0.2, 0.25) is 65.0 Å². The average molecular weight is 1360 g/mol. The number of nitrogens with zero attached hydrogens (tertiary/aromatic N) is 1. The first-order valence-electron chi connectivity index (χ1n) is 32.9. The molecule has 29 nitrogen and oxygen atoms in total. The highest BCUT2D eigenvalue weighted by atomic mass is 32.1. The van der Waals surface area contributed by atoms with Crippen LogP contribution in [0, 0.1) is 29.6 Å². The van der Waals surface area contributed by atoms with Gasteiger partial charge in [0.15, 0.2) is 5.96 Å². The number of carbonyl (C=O) groups excluding carboxylic acids is 11. The maximum Gasteiger partial charge on any atom is 0.245 e.